The number of benzene rings is 2. The van der Waals surface area contributed by atoms with Crippen LogP contribution in [0.15, 0.2) is 48.7 Å². The number of nitro groups is 1. The number of ether oxygens (including phenoxy) is 1. The third kappa shape index (κ3) is 3.65. The number of hydrogen-bond acceptors (Lipinski definition) is 6. The highest BCUT2D eigenvalue weighted by Crippen LogP contribution is 2.38. The van der Waals surface area contributed by atoms with E-state index < -0.39 is 11.0 Å². The van der Waals surface area contributed by atoms with Crippen LogP contribution in [0.25, 0.3) is 22.2 Å². The first-order chi connectivity index (χ1) is 14.8. The van der Waals surface area contributed by atoms with E-state index >= 15 is 0 Å². The number of aryl methyl sites for hydroxylation is 2. The lowest BCUT2D eigenvalue weighted by Crippen LogP contribution is -2.05. The minimum atomic E-state index is -0.538. The Hall–Kier alpha value is -4.01. The van der Waals surface area contributed by atoms with Crippen LogP contribution in [0.5, 0.6) is 5.75 Å². The first-order valence-corrected chi connectivity index (χ1v) is 9.55. The second-order valence-corrected chi connectivity index (χ2v) is 7.27. The molecule has 0 fully saturated rings. The maximum absolute atomic E-state index is 13.2. The van der Waals surface area contributed by atoms with E-state index in [1.54, 1.807) is 49.1 Å². The molecule has 8 nitrogen and oxygen atoms in total. The number of nitrogens with zero attached hydrogens (tertiary/aromatic N) is 4. The number of hydrogen-bond donors (Lipinski definition) is 1. The summed E-state index contributed by atoms with van der Waals surface area (Å²) in [5.41, 5.74) is 9.55. The quantitative estimate of drug-likeness (QED) is 0.369. The van der Waals surface area contributed by atoms with Gasteiger partial charge in [0.1, 0.15) is 23.4 Å². The van der Waals surface area contributed by atoms with E-state index in [0.29, 0.717) is 28.0 Å². The Balaban J connectivity index is 1.81. The Morgan fingerprint density at radius 1 is 1.23 bits per heavy atom. The van der Waals surface area contributed by atoms with Gasteiger partial charge in [-0.2, -0.15) is 5.10 Å². The van der Waals surface area contributed by atoms with Gasteiger partial charge in [-0.15, -0.1) is 0 Å². The van der Waals surface area contributed by atoms with Crippen molar-refractivity contribution in [1.82, 2.24) is 14.8 Å². The molecule has 2 aromatic carbocycles. The summed E-state index contributed by atoms with van der Waals surface area (Å²) in [5.74, 6) is 0.0361. The van der Waals surface area contributed by atoms with Gasteiger partial charge >= 0.3 is 5.69 Å². The molecule has 0 aliphatic rings. The standard InChI is InChI=1S/C22H20FN5O3/c1-12-11-25-22(24)19-20(26-27(3)21(12)19)15-6-9-17(28(29)30)18(10-15)31-13(2)14-4-7-16(23)8-5-14/h4-11,13H,1-3H3,(H2,24,25)/t13-/m0/s1. The van der Waals surface area contributed by atoms with Crippen molar-refractivity contribution in [3.8, 4) is 17.0 Å². The van der Waals surface area contributed by atoms with E-state index in [1.165, 1.54) is 18.2 Å². The number of aromatic nitrogens is 3. The molecule has 2 N–H and O–H groups in total. The van der Waals surface area contributed by atoms with Gasteiger partial charge in [-0.3, -0.25) is 14.8 Å². The highest BCUT2D eigenvalue weighted by atomic mass is 19.1. The molecule has 0 aliphatic carbocycles. The summed E-state index contributed by atoms with van der Waals surface area (Å²) in [6, 6.07) is 10.4. The first-order valence-electron chi connectivity index (χ1n) is 9.55. The fraction of sp³-hybridized carbons (Fsp3) is 0.182. The summed E-state index contributed by atoms with van der Waals surface area (Å²) in [4.78, 5) is 15.3. The van der Waals surface area contributed by atoms with E-state index in [0.717, 1.165) is 11.1 Å². The van der Waals surface area contributed by atoms with E-state index in [-0.39, 0.29) is 17.3 Å². The maximum Gasteiger partial charge on any atom is 0.310 e. The Kier molecular flexibility index (Phi) is 5.02. The van der Waals surface area contributed by atoms with Crippen molar-refractivity contribution in [2.75, 3.05) is 5.73 Å². The zero-order valence-electron chi connectivity index (χ0n) is 17.2. The third-order valence-corrected chi connectivity index (χ3v) is 5.15. The lowest BCUT2D eigenvalue weighted by atomic mass is 10.1. The summed E-state index contributed by atoms with van der Waals surface area (Å²) in [6.45, 7) is 3.65. The molecule has 0 saturated heterocycles. The van der Waals surface area contributed by atoms with Crippen LogP contribution in [-0.2, 0) is 7.05 Å². The van der Waals surface area contributed by atoms with Crippen LogP contribution in [0.1, 0.15) is 24.2 Å². The van der Waals surface area contributed by atoms with Crippen molar-refractivity contribution in [3.63, 3.8) is 0 Å². The molecule has 0 saturated carbocycles. The fourth-order valence-electron chi connectivity index (χ4n) is 3.61. The molecule has 4 rings (SSSR count). The second-order valence-electron chi connectivity index (χ2n) is 7.27. The van der Waals surface area contributed by atoms with Crippen LogP contribution >= 0.6 is 0 Å². The van der Waals surface area contributed by atoms with Gasteiger partial charge in [-0.05, 0) is 49.2 Å². The van der Waals surface area contributed by atoms with Gasteiger partial charge in [0.15, 0.2) is 5.75 Å². The monoisotopic (exact) mass is 421 g/mol. The highest BCUT2D eigenvalue weighted by Gasteiger charge is 2.22. The Bertz CT molecular complexity index is 1300. The normalized spacial score (nSPS) is 12.1. The van der Waals surface area contributed by atoms with Crippen molar-refractivity contribution in [2.45, 2.75) is 20.0 Å². The van der Waals surface area contributed by atoms with Crippen LogP contribution in [0.3, 0.4) is 0 Å². The third-order valence-electron chi connectivity index (χ3n) is 5.15. The Morgan fingerprint density at radius 2 is 1.94 bits per heavy atom. The number of pyridine rings is 1. The van der Waals surface area contributed by atoms with E-state index in [9.17, 15) is 14.5 Å². The van der Waals surface area contributed by atoms with Crippen molar-refractivity contribution >= 4 is 22.4 Å². The summed E-state index contributed by atoms with van der Waals surface area (Å²) in [7, 11) is 1.80. The molecular weight excluding hydrogens is 401 g/mol. The first kappa shape index (κ1) is 20.3. The molecule has 0 aliphatic heterocycles. The van der Waals surface area contributed by atoms with Crippen LogP contribution in [0, 0.1) is 22.9 Å². The SMILES string of the molecule is Cc1cnc(N)c2c(-c3ccc([N+](=O)[O-])c(O[C@@H](C)c4ccc(F)cc4)c3)nn(C)c12. The predicted octanol–water partition coefficient (Wildman–Crippen LogP) is 4.71. The molecule has 0 spiro atoms. The smallest absolute Gasteiger partial charge is 0.310 e. The van der Waals surface area contributed by atoms with Gasteiger partial charge in [0.25, 0.3) is 0 Å². The molecule has 1 atom stereocenters. The van der Waals surface area contributed by atoms with E-state index in [2.05, 4.69) is 10.1 Å². The van der Waals surface area contributed by atoms with Crippen LogP contribution in [-0.4, -0.2) is 19.7 Å². The summed E-state index contributed by atoms with van der Waals surface area (Å²) in [5, 5.41) is 16.8. The van der Waals surface area contributed by atoms with Crippen LogP contribution < -0.4 is 10.5 Å². The lowest BCUT2D eigenvalue weighted by Gasteiger charge is -2.16. The van der Waals surface area contributed by atoms with Gasteiger partial charge in [0.2, 0.25) is 0 Å². The molecule has 9 heteroatoms. The zero-order valence-corrected chi connectivity index (χ0v) is 17.2. The molecule has 0 unspecified atom stereocenters. The number of nitrogen functional groups attached to an aromatic ring is 1. The summed E-state index contributed by atoms with van der Waals surface area (Å²) >= 11 is 0. The van der Waals surface area contributed by atoms with Gasteiger partial charge in [0.05, 0.1) is 15.8 Å². The Labute approximate surface area is 177 Å². The summed E-state index contributed by atoms with van der Waals surface area (Å²) in [6.07, 6.45) is 1.14. The number of anilines is 1. The number of nitro benzene ring substituents is 1. The average Bonchev–Trinajstić information content (AvgIpc) is 3.09. The molecule has 2 heterocycles. The Morgan fingerprint density at radius 3 is 2.61 bits per heavy atom. The van der Waals surface area contributed by atoms with Crippen molar-refractivity contribution < 1.29 is 14.1 Å². The summed E-state index contributed by atoms with van der Waals surface area (Å²) < 4.78 is 20.9. The number of fused-ring (bicyclic) bond motifs is 1. The lowest BCUT2D eigenvalue weighted by molar-refractivity contribution is -0.386. The van der Waals surface area contributed by atoms with E-state index in [4.69, 9.17) is 10.5 Å². The molecule has 2 aromatic heterocycles. The zero-order chi connectivity index (χ0) is 22.3. The van der Waals surface area contributed by atoms with E-state index in [1.807, 2.05) is 6.92 Å². The molecule has 4 aromatic rings. The largest absolute Gasteiger partial charge is 0.479 e. The number of rotatable bonds is 5. The van der Waals surface area contributed by atoms with Crippen molar-refractivity contribution in [2.24, 2.45) is 7.05 Å². The topological polar surface area (TPSA) is 109 Å². The minimum Gasteiger partial charge on any atom is -0.479 e. The molecule has 31 heavy (non-hydrogen) atoms. The molecule has 0 bridgehead atoms. The van der Waals surface area contributed by atoms with Gasteiger partial charge in [-0.1, -0.05) is 12.1 Å². The minimum absolute atomic E-state index is 0.0808. The average molecular weight is 421 g/mol. The highest BCUT2D eigenvalue weighted by molar-refractivity contribution is 6.01. The molecule has 158 valence electrons. The van der Waals surface area contributed by atoms with Gasteiger partial charge in [-0.25, -0.2) is 9.37 Å². The van der Waals surface area contributed by atoms with Crippen LogP contribution in [0.2, 0.25) is 0 Å². The fourth-order valence-corrected chi connectivity index (χ4v) is 3.61. The second kappa shape index (κ2) is 7.67. The van der Waals surface area contributed by atoms with Crippen molar-refractivity contribution in [3.05, 3.63) is 75.7 Å². The maximum atomic E-state index is 13.2. The van der Waals surface area contributed by atoms with Crippen molar-refractivity contribution in [1.29, 1.82) is 0 Å². The molecular formula is C22H20FN5O3. The molecule has 0 radical (unpaired) electrons. The van der Waals surface area contributed by atoms with Gasteiger partial charge < -0.3 is 10.5 Å². The molecule has 0 amide bonds. The number of nitrogens with two attached hydrogens (primary N) is 1. The van der Waals surface area contributed by atoms with Gasteiger partial charge in [0, 0.05) is 24.9 Å². The predicted molar refractivity (Wildman–Crippen MR) is 115 cm³/mol. The van der Waals surface area contributed by atoms with Crippen LogP contribution in [0.4, 0.5) is 15.9 Å². The number of halogens is 1.